The molecule has 0 amide bonds. The summed E-state index contributed by atoms with van der Waals surface area (Å²) in [6.45, 7) is 0.166. The zero-order chi connectivity index (χ0) is 21.0. The van der Waals surface area contributed by atoms with E-state index in [1.54, 1.807) is 13.2 Å². The lowest BCUT2D eigenvalue weighted by atomic mass is 10.2. The number of ether oxygens (including phenoxy) is 1. The molecule has 29 heavy (non-hydrogen) atoms. The number of thioether (sulfide) groups is 1. The largest absolute Gasteiger partial charge is 0.496 e. The molecule has 2 aromatic carbocycles. The average molecular weight is 411 g/mol. The lowest BCUT2D eigenvalue weighted by Gasteiger charge is -2.15. The van der Waals surface area contributed by atoms with E-state index < -0.39 is 17.0 Å². The van der Waals surface area contributed by atoms with E-state index in [1.165, 1.54) is 23.4 Å². The standard InChI is InChI=1S/C21H21N3O4S/c1-23-20(26)18(15(25)13-29-17-11-7-6-10-16(17)28-2)19(22)24(21(23)27)12-14-8-4-3-5-9-14/h3-11H,12-13,22H2,1-2H3. The molecule has 0 fully saturated rings. The van der Waals surface area contributed by atoms with Crippen LogP contribution in [0.3, 0.4) is 0 Å². The van der Waals surface area contributed by atoms with Gasteiger partial charge in [0.15, 0.2) is 5.78 Å². The maximum atomic E-state index is 12.9. The van der Waals surface area contributed by atoms with E-state index in [-0.39, 0.29) is 23.7 Å². The van der Waals surface area contributed by atoms with Gasteiger partial charge in [0, 0.05) is 11.9 Å². The highest BCUT2D eigenvalue weighted by atomic mass is 32.2. The van der Waals surface area contributed by atoms with Crippen LogP contribution in [0.4, 0.5) is 5.82 Å². The summed E-state index contributed by atoms with van der Waals surface area (Å²) in [5, 5.41) is 0. The van der Waals surface area contributed by atoms with Crippen molar-refractivity contribution in [2.75, 3.05) is 18.6 Å². The Morgan fingerprint density at radius 1 is 1.07 bits per heavy atom. The topological polar surface area (TPSA) is 96.3 Å². The molecule has 0 aliphatic rings. The molecule has 0 aliphatic heterocycles. The molecule has 8 heteroatoms. The number of methoxy groups -OCH3 is 1. The Morgan fingerprint density at radius 3 is 2.41 bits per heavy atom. The van der Waals surface area contributed by atoms with Crippen LogP contribution in [-0.2, 0) is 13.6 Å². The summed E-state index contributed by atoms with van der Waals surface area (Å²) in [6, 6.07) is 16.5. The van der Waals surface area contributed by atoms with Crippen LogP contribution in [0.1, 0.15) is 15.9 Å². The third-order valence-corrected chi connectivity index (χ3v) is 5.53. The summed E-state index contributed by atoms with van der Waals surface area (Å²) in [6.07, 6.45) is 0. The van der Waals surface area contributed by atoms with Crippen LogP contribution in [0.2, 0.25) is 0 Å². The van der Waals surface area contributed by atoms with Gasteiger partial charge in [-0.2, -0.15) is 0 Å². The van der Waals surface area contributed by atoms with Gasteiger partial charge in [-0.15, -0.1) is 11.8 Å². The van der Waals surface area contributed by atoms with Gasteiger partial charge in [0.25, 0.3) is 5.56 Å². The molecular formula is C21H21N3O4S. The number of benzene rings is 2. The van der Waals surface area contributed by atoms with Crippen LogP contribution in [0, 0.1) is 0 Å². The fourth-order valence-electron chi connectivity index (χ4n) is 2.92. The highest BCUT2D eigenvalue weighted by Crippen LogP contribution is 2.29. The molecule has 7 nitrogen and oxygen atoms in total. The number of nitrogen functional groups attached to an aromatic ring is 1. The van der Waals surface area contributed by atoms with Crippen molar-refractivity contribution in [2.45, 2.75) is 11.4 Å². The highest BCUT2D eigenvalue weighted by molar-refractivity contribution is 8.00. The number of hydrogen-bond acceptors (Lipinski definition) is 6. The Labute approximate surface area is 171 Å². The summed E-state index contributed by atoms with van der Waals surface area (Å²) in [7, 11) is 2.89. The van der Waals surface area contributed by atoms with Gasteiger partial charge < -0.3 is 10.5 Å². The Kier molecular flexibility index (Phi) is 6.23. The number of hydrogen-bond donors (Lipinski definition) is 1. The van der Waals surface area contributed by atoms with Gasteiger partial charge in [-0.05, 0) is 17.7 Å². The maximum Gasteiger partial charge on any atom is 0.332 e. The van der Waals surface area contributed by atoms with E-state index in [1.807, 2.05) is 48.5 Å². The lowest BCUT2D eigenvalue weighted by molar-refractivity contribution is 0.102. The average Bonchev–Trinajstić information content (AvgIpc) is 2.75. The summed E-state index contributed by atoms with van der Waals surface area (Å²) >= 11 is 1.25. The van der Waals surface area contributed by atoms with Crippen molar-refractivity contribution in [1.82, 2.24) is 9.13 Å². The van der Waals surface area contributed by atoms with E-state index >= 15 is 0 Å². The van der Waals surface area contributed by atoms with Crippen LogP contribution in [0.5, 0.6) is 5.75 Å². The molecule has 0 unspecified atom stereocenters. The van der Waals surface area contributed by atoms with Crippen LogP contribution in [-0.4, -0.2) is 27.8 Å². The first-order chi connectivity index (χ1) is 13.9. The number of nitrogens with two attached hydrogens (primary N) is 1. The molecule has 0 radical (unpaired) electrons. The molecular weight excluding hydrogens is 390 g/mol. The molecule has 0 atom stereocenters. The van der Waals surface area contributed by atoms with Crippen molar-refractivity contribution in [2.24, 2.45) is 7.05 Å². The number of para-hydroxylation sites is 1. The molecule has 0 bridgehead atoms. The van der Waals surface area contributed by atoms with E-state index in [2.05, 4.69) is 0 Å². The molecule has 0 spiro atoms. The normalized spacial score (nSPS) is 10.7. The second kappa shape index (κ2) is 8.83. The quantitative estimate of drug-likeness (QED) is 0.473. The summed E-state index contributed by atoms with van der Waals surface area (Å²) in [5.74, 6) is 0.0669. The molecule has 3 aromatic rings. The number of rotatable bonds is 7. The molecule has 2 N–H and O–H groups in total. The number of ketones is 1. The molecule has 1 heterocycles. The fraction of sp³-hybridized carbons (Fsp3) is 0.190. The number of carbonyl (C=O) groups is 1. The third-order valence-electron chi connectivity index (χ3n) is 4.47. The van der Waals surface area contributed by atoms with Gasteiger partial charge >= 0.3 is 5.69 Å². The minimum atomic E-state index is -0.692. The molecule has 3 rings (SSSR count). The van der Waals surface area contributed by atoms with Crippen molar-refractivity contribution in [3.8, 4) is 5.75 Å². The lowest BCUT2D eigenvalue weighted by Crippen LogP contribution is -2.43. The minimum Gasteiger partial charge on any atom is -0.496 e. The van der Waals surface area contributed by atoms with Crippen molar-refractivity contribution in [1.29, 1.82) is 0 Å². The number of carbonyl (C=O) groups excluding carboxylic acids is 1. The number of anilines is 1. The predicted molar refractivity (Wildman–Crippen MR) is 114 cm³/mol. The number of Topliss-reactive ketones (excluding diaryl/α,β-unsaturated/α-hetero) is 1. The first kappa shape index (κ1) is 20.5. The maximum absolute atomic E-state index is 12.9. The summed E-state index contributed by atoms with van der Waals surface area (Å²) < 4.78 is 7.45. The summed E-state index contributed by atoms with van der Waals surface area (Å²) in [5.41, 5.74) is 5.53. The molecule has 0 aliphatic carbocycles. The second-order valence-electron chi connectivity index (χ2n) is 6.34. The van der Waals surface area contributed by atoms with E-state index in [0.717, 1.165) is 15.0 Å². The molecule has 1 aromatic heterocycles. The third kappa shape index (κ3) is 4.27. The van der Waals surface area contributed by atoms with Gasteiger partial charge in [0.05, 0.1) is 19.4 Å². The monoisotopic (exact) mass is 411 g/mol. The predicted octanol–water partition coefficient (Wildman–Crippen LogP) is 2.16. The van der Waals surface area contributed by atoms with E-state index in [4.69, 9.17) is 10.5 Å². The molecule has 0 saturated heterocycles. The minimum absolute atomic E-state index is 0.0106. The van der Waals surface area contributed by atoms with Gasteiger partial charge in [-0.1, -0.05) is 42.5 Å². The highest BCUT2D eigenvalue weighted by Gasteiger charge is 2.22. The van der Waals surface area contributed by atoms with E-state index in [9.17, 15) is 14.4 Å². The number of aromatic nitrogens is 2. The van der Waals surface area contributed by atoms with Crippen LogP contribution < -0.4 is 21.7 Å². The zero-order valence-electron chi connectivity index (χ0n) is 16.1. The Morgan fingerprint density at radius 2 is 1.72 bits per heavy atom. The SMILES string of the molecule is COc1ccccc1SCC(=O)c1c(N)n(Cc2ccccc2)c(=O)n(C)c1=O. The molecule has 150 valence electrons. The van der Waals surface area contributed by atoms with Gasteiger partial charge in [-0.25, -0.2) is 4.79 Å². The van der Waals surface area contributed by atoms with Crippen molar-refractivity contribution in [3.63, 3.8) is 0 Å². The van der Waals surface area contributed by atoms with Gasteiger partial charge in [-0.3, -0.25) is 18.7 Å². The van der Waals surface area contributed by atoms with E-state index in [0.29, 0.717) is 5.75 Å². The van der Waals surface area contributed by atoms with Crippen molar-refractivity contribution >= 4 is 23.4 Å². The van der Waals surface area contributed by atoms with Crippen molar-refractivity contribution in [3.05, 3.63) is 86.6 Å². The number of nitrogens with zero attached hydrogens (tertiary/aromatic N) is 2. The van der Waals surface area contributed by atoms with Gasteiger partial charge in [0.2, 0.25) is 0 Å². The second-order valence-corrected chi connectivity index (χ2v) is 7.36. The van der Waals surface area contributed by atoms with Crippen LogP contribution in [0.15, 0.2) is 69.1 Å². The smallest absolute Gasteiger partial charge is 0.332 e. The Hall–Kier alpha value is -3.26. The van der Waals surface area contributed by atoms with Crippen molar-refractivity contribution < 1.29 is 9.53 Å². The Bertz CT molecular complexity index is 1150. The molecule has 0 saturated carbocycles. The fourth-order valence-corrected chi connectivity index (χ4v) is 3.82. The first-order valence-corrected chi connectivity index (χ1v) is 9.84. The van der Waals surface area contributed by atoms with Crippen LogP contribution >= 0.6 is 11.8 Å². The van der Waals surface area contributed by atoms with Gasteiger partial charge in [0.1, 0.15) is 17.1 Å². The van der Waals surface area contributed by atoms with Crippen LogP contribution in [0.25, 0.3) is 0 Å². The first-order valence-electron chi connectivity index (χ1n) is 8.86. The Balaban J connectivity index is 1.95. The summed E-state index contributed by atoms with van der Waals surface area (Å²) in [4.78, 5) is 38.8. The zero-order valence-corrected chi connectivity index (χ0v) is 16.9.